The minimum atomic E-state index is -0.0449. The van der Waals surface area contributed by atoms with Gasteiger partial charge in [-0.05, 0) is 31.2 Å². The fraction of sp³-hybridized carbons (Fsp3) is 0.588. The molecule has 1 unspecified atom stereocenters. The summed E-state index contributed by atoms with van der Waals surface area (Å²) in [5.41, 5.74) is 1.13. The number of hydrogen-bond acceptors (Lipinski definition) is 5. The number of hydrogen-bond donors (Lipinski definition) is 2. The van der Waals surface area contributed by atoms with Gasteiger partial charge in [-0.3, -0.25) is 9.48 Å². The number of halogens is 2. The number of aryl methyl sites for hydroxylation is 2. The molecule has 0 aromatic carbocycles. The zero-order valence-corrected chi connectivity index (χ0v) is 17.3. The molecule has 1 aliphatic heterocycles. The maximum absolute atomic E-state index is 13.0. The van der Waals surface area contributed by atoms with Crippen LogP contribution in [0.15, 0.2) is 18.6 Å². The van der Waals surface area contributed by atoms with Gasteiger partial charge in [0.15, 0.2) is 0 Å². The van der Waals surface area contributed by atoms with Crippen LogP contribution in [0.2, 0.25) is 0 Å². The van der Waals surface area contributed by atoms with E-state index in [9.17, 15) is 4.79 Å². The fourth-order valence-electron chi connectivity index (χ4n) is 3.52. The van der Waals surface area contributed by atoms with Crippen LogP contribution in [-0.2, 0) is 11.8 Å². The molecule has 3 heterocycles. The van der Waals surface area contributed by atoms with Gasteiger partial charge in [-0.2, -0.15) is 5.10 Å². The largest absolute Gasteiger partial charge is 0.346 e. The molecular formula is C17H25Cl2N5OS. The van der Waals surface area contributed by atoms with Crippen molar-refractivity contribution >= 4 is 42.1 Å². The van der Waals surface area contributed by atoms with Gasteiger partial charge < -0.3 is 10.6 Å². The number of rotatable bonds is 5. The van der Waals surface area contributed by atoms with Crippen LogP contribution >= 0.6 is 36.2 Å². The first-order valence-electron chi connectivity index (χ1n) is 8.54. The molecule has 4 rings (SSSR count). The van der Waals surface area contributed by atoms with Gasteiger partial charge in [-0.25, -0.2) is 4.98 Å². The first-order chi connectivity index (χ1) is 11.6. The molecule has 2 N–H and O–H groups in total. The third-order valence-electron chi connectivity index (χ3n) is 5.00. The number of nitrogens with one attached hydrogen (secondary N) is 2. The number of carbonyl (C=O) groups is 1. The minimum Gasteiger partial charge on any atom is -0.346 e. The average molecular weight is 418 g/mol. The smallest absolute Gasteiger partial charge is 0.225 e. The Balaban J connectivity index is 0.00000121. The van der Waals surface area contributed by atoms with Crippen molar-refractivity contribution in [2.75, 3.05) is 13.1 Å². The van der Waals surface area contributed by atoms with Crippen LogP contribution in [0.3, 0.4) is 0 Å². The van der Waals surface area contributed by atoms with Crippen LogP contribution < -0.4 is 10.6 Å². The Hall–Kier alpha value is -1.15. The van der Waals surface area contributed by atoms with Gasteiger partial charge in [0.1, 0.15) is 5.01 Å². The number of amides is 1. The molecule has 2 aromatic heterocycles. The van der Waals surface area contributed by atoms with E-state index >= 15 is 0 Å². The zero-order chi connectivity index (χ0) is 16.7. The number of aromatic nitrogens is 3. The second-order valence-electron chi connectivity index (χ2n) is 6.95. The third-order valence-corrected chi connectivity index (χ3v) is 6.00. The quantitative estimate of drug-likeness (QED) is 0.783. The molecule has 1 saturated carbocycles. The predicted octanol–water partition coefficient (Wildman–Crippen LogP) is 2.60. The van der Waals surface area contributed by atoms with Crippen molar-refractivity contribution in [2.24, 2.45) is 18.9 Å². The van der Waals surface area contributed by atoms with Crippen LogP contribution in [0.4, 0.5) is 0 Å². The molecule has 1 amide bonds. The third kappa shape index (κ3) is 4.39. The van der Waals surface area contributed by atoms with Crippen LogP contribution in [0.1, 0.15) is 40.2 Å². The van der Waals surface area contributed by atoms with Crippen molar-refractivity contribution in [1.82, 2.24) is 25.4 Å². The van der Waals surface area contributed by atoms with E-state index in [-0.39, 0.29) is 48.6 Å². The van der Waals surface area contributed by atoms with Crippen molar-refractivity contribution in [3.05, 3.63) is 34.0 Å². The van der Waals surface area contributed by atoms with Crippen molar-refractivity contribution in [2.45, 2.75) is 31.7 Å². The number of thiazole rings is 1. The molecule has 0 bridgehead atoms. The molecule has 3 atom stereocenters. The fourth-order valence-corrected chi connectivity index (χ4v) is 4.44. The molecule has 26 heavy (non-hydrogen) atoms. The number of carbonyl (C=O) groups excluding carboxylic acids is 1. The number of nitrogens with zero attached hydrogens (tertiary/aromatic N) is 3. The summed E-state index contributed by atoms with van der Waals surface area (Å²) in [5, 5.41) is 12.0. The molecule has 0 spiro atoms. The second kappa shape index (κ2) is 8.69. The molecule has 2 aromatic rings. The van der Waals surface area contributed by atoms with Gasteiger partial charge in [0.2, 0.25) is 5.91 Å². The first-order valence-corrected chi connectivity index (χ1v) is 9.35. The van der Waals surface area contributed by atoms with E-state index < -0.39 is 0 Å². The molecule has 1 saturated heterocycles. The summed E-state index contributed by atoms with van der Waals surface area (Å²) in [4.78, 5) is 18.7. The van der Waals surface area contributed by atoms with Crippen LogP contribution in [0.5, 0.6) is 0 Å². The normalized spacial score (nSPS) is 23.0. The highest BCUT2D eigenvalue weighted by atomic mass is 35.5. The zero-order valence-electron chi connectivity index (χ0n) is 14.8. The van der Waals surface area contributed by atoms with Crippen LogP contribution in [-0.4, -0.2) is 33.8 Å². The maximum atomic E-state index is 13.0. The molecule has 1 aliphatic carbocycles. The minimum absolute atomic E-state index is 0. The molecule has 6 nitrogen and oxygen atoms in total. The van der Waals surface area contributed by atoms with E-state index in [4.69, 9.17) is 0 Å². The Morgan fingerprint density at radius 2 is 2.12 bits per heavy atom. The molecular weight excluding hydrogens is 393 g/mol. The Morgan fingerprint density at radius 3 is 2.69 bits per heavy atom. The summed E-state index contributed by atoms with van der Waals surface area (Å²) in [7, 11) is 1.91. The topological polar surface area (TPSA) is 71.8 Å². The lowest BCUT2D eigenvalue weighted by atomic mass is 9.90. The lowest BCUT2D eigenvalue weighted by molar-refractivity contribution is -0.125. The predicted molar refractivity (Wildman–Crippen MR) is 107 cm³/mol. The SMILES string of the molecule is Cc1cnc(C(NC(=O)[C@H]2CNC[C@@H]2c2cnn(C)c2)C2CC2)s1.Cl.Cl. The summed E-state index contributed by atoms with van der Waals surface area (Å²) in [5.74, 6) is 0.831. The van der Waals surface area contributed by atoms with E-state index in [1.165, 1.54) is 17.7 Å². The van der Waals surface area contributed by atoms with E-state index in [0.717, 1.165) is 23.7 Å². The standard InChI is InChI=1S/C17H23N5OS.2ClH/c1-10-5-19-17(24-10)15(11-3-4-11)21-16(23)14-8-18-7-13(14)12-6-20-22(2)9-12;;/h5-6,9,11,13-15,18H,3-4,7-8H2,1-2H3,(H,21,23);2*1H/t13-,14+,15?;;/m1../s1. The lowest BCUT2D eigenvalue weighted by Gasteiger charge is -2.21. The summed E-state index contributed by atoms with van der Waals surface area (Å²) >= 11 is 1.69. The Labute approximate surface area is 170 Å². The second-order valence-corrected chi connectivity index (χ2v) is 8.22. The monoisotopic (exact) mass is 417 g/mol. The highest BCUT2D eigenvalue weighted by Crippen LogP contribution is 2.42. The molecule has 9 heteroatoms. The van der Waals surface area contributed by atoms with E-state index in [1.807, 2.05) is 25.6 Å². The Kier molecular flexibility index (Phi) is 7.07. The van der Waals surface area contributed by atoms with E-state index in [0.29, 0.717) is 5.92 Å². The highest BCUT2D eigenvalue weighted by molar-refractivity contribution is 7.11. The Morgan fingerprint density at radius 1 is 1.35 bits per heavy atom. The van der Waals surface area contributed by atoms with Gasteiger partial charge in [0, 0.05) is 43.3 Å². The van der Waals surface area contributed by atoms with Crippen molar-refractivity contribution < 1.29 is 4.79 Å². The molecule has 2 aliphatic rings. The summed E-state index contributed by atoms with van der Waals surface area (Å²) < 4.78 is 1.80. The Bertz CT molecular complexity index is 745. The van der Waals surface area contributed by atoms with Gasteiger partial charge in [0.25, 0.3) is 0 Å². The van der Waals surface area contributed by atoms with E-state index in [2.05, 4.69) is 27.6 Å². The van der Waals surface area contributed by atoms with Gasteiger partial charge in [0.05, 0.1) is 18.2 Å². The van der Waals surface area contributed by atoms with E-state index in [1.54, 1.807) is 16.0 Å². The first kappa shape index (κ1) is 21.2. The van der Waals surface area contributed by atoms with Crippen molar-refractivity contribution in [3.63, 3.8) is 0 Å². The maximum Gasteiger partial charge on any atom is 0.225 e. The summed E-state index contributed by atoms with van der Waals surface area (Å²) in [6.45, 7) is 3.61. The average Bonchev–Trinajstić information content (AvgIpc) is 2.95. The summed E-state index contributed by atoms with van der Waals surface area (Å²) in [6, 6.07) is 0.0753. The molecule has 144 valence electrons. The van der Waals surface area contributed by atoms with Crippen LogP contribution in [0, 0.1) is 18.8 Å². The van der Waals surface area contributed by atoms with Crippen molar-refractivity contribution in [1.29, 1.82) is 0 Å². The highest BCUT2D eigenvalue weighted by Gasteiger charge is 2.39. The molecule has 0 radical (unpaired) electrons. The van der Waals surface area contributed by atoms with Crippen LogP contribution in [0.25, 0.3) is 0 Å². The lowest BCUT2D eigenvalue weighted by Crippen LogP contribution is -2.37. The van der Waals surface area contributed by atoms with Crippen molar-refractivity contribution in [3.8, 4) is 0 Å². The summed E-state index contributed by atoms with van der Waals surface area (Å²) in [6.07, 6.45) is 8.15. The van der Waals surface area contributed by atoms with Gasteiger partial charge >= 0.3 is 0 Å². The molecule has 2 fully saturated rings. The van der Waals surface area contributed by atoms with Gasteiger partial charge in [-0.1, -0.05) is 0 Å². The van der Waals surface area contributed by atoms with Gasteiger partial charge in [-0.15, -0.1) is 36.2 Å².